The summed E-state index contributed by atoms with van der Waals surface area (Å²) in [6.07, 6.45) is 8.94. The Kier molecular flexibility index (Phi) is 3.21. The molecule has 0 aromatic heterocycles. The third kappa shape index (κ3) is 2.43. The standard InChI is InChI=1S/C14H26N2/c1-11-9-16(10-12-4-2-3-5-12)14(8-15-11)13-6-7-13/h11-15H,2-10H2,1H3. The molecule has 2 saturated carbocycles. The third-order valence-electron chi connectivity index (χ3n) is 4.79. The number of hydrogen-bond acceptors (Lipinski definition) is 2. The van der Waals surface area contributed by atoms with Crippen LogP contribution >= 0.6 is 0 Å². The second kappa shape index (κ2) is 4.66. The molecule has 1 saturated heterocycles. The number of rotatable bonds is 3. The Morgan fingerprint density at radius 3 is 2.56 bits per heavy atom. The lowest BCUT2D eigenvalue weighted by atomic mass is 10.0. The van der Waals surface area contributed by atoms with Gasteiger partial charge in [0.25, 0.3) is 0 Å². The largest absolute Gasteiger partial charge is 0.311 e. The lowest BCUT2D eigenvalue weighted by molar-refractivity contribution is 0.101. The van der Waals surface area contributed by atoms with E-state index in [1.165, 1.54) is 58.2 Å². The van der Waals surface area contributed by atoms with Crippen molar-refractivity contribution >= 4 is 0 Å². The van der Waals surface area contributed by atoms with Gasteiger partial charge in [-0.3, -0.25) is 4.90 Å². The maximum Gasteiger partial charge on any atom is 0.0249 e. The SMILES string of the molecule is CC1CN(CC2CCCC2)C(C2CC2)CN1. The lowest BCUT2D eigenvalue weighted by Crippen LogP contribution is -2.57. The Balaban J connectivity index is 1.59. The van der Waals surface area contributed by atoms with Gasteiger partial charge in [0.2, 0.25) is 0 Å². The summed E-state index contributed by atoms with van der Waals surface area (Å²) in [5.41, 5.74) is 0. The molecule has 2 unspecified atom stereocenters. The third-order valence-corrected chi connectivity index (χ3v) is 4.79. The summed E-state index contributed by atoms with van der Waals surface area (Å²) in [5, 5.41) is 3.67. The Hall–Kier alpha value is -0.0800. The van der Waals surface area contributed by atoms with Crippen LogP contribution in [0.15, 0.2) is 0 Å². The molecule has 1 heterocycles. The predicted octanol–water partition coefficient (Wildman–Crippen LogP) is 2.25. The molecule has 2 atom stereocenters. The fraction of sp³-hybridized carbons (Fsp3) is 1.00. The normalized spacial score (nSPS) is 38.1. The van der Waals surface area contributed by atoms with Crippen LogP contribution in [0.4, 0.5) is 0 Å². The van der Waals surface area contributed by atoms with Gasteiger partial charge in [0, 0.05) is 31.7 Å². The smallest absolute Gasteiger partial charge is 0.0249 e. The molecule has 3 aliphatic rings. The molecule has 1 aliphatic heterocycles. The highest BCUT2D eigenvalue weighted by molar-refractivity contribution is 4.94. The summed E-state index contributed by atoms with van der Waals surface area (Å²) >= 11 is 0. The second-order valence-electron chi connectivity index (χ2n) is 6.32. The maximum atomic E-state index is 3.67. The van der Waals surface area contributed by atoms with E-state index in [9.17, 15) is 0 Å². The van der Waals surface area contributed by atoms with Crippen molar-refractivity contribution in [1.29, 1.82) is 0 Å². The van der Waals surface area contributed by atoms with Crippen molar-refractivity contribution < 1.29 is 0 Å². The van der Waals surface area contributed by atoms with Gasteiger partial charge < -0.3 is 5.32 Å². The van der Waals surface area contributed by atoms with E-state index in [4.69, 9.17) is 0 Å². The Morgan fingerprint density at radius 1 is 1.12 bits per heavy atom. The van der Waals surface area contributed by atoms with Crippen LogP contribution in [-0.2, 0) is 0 Å². The van der Waals surface area contributed by atoms with E-state index in [-0.39, 0.29) is 0 Å². The van der Waals surface area contributed by atoms with Gasteiger partial charge >= 0.3 is 0 Å². The van der Waals surface area contributed by atoms with E-state index in [0.717, 1.165) is 17.9 Å². The molecule has 16 heavy (non-hydrogen) atoms. The summed E-state index contributed by atoms with van der Waals surface area (Å²) in [6, 6.07) is 1.58. The summed E-state index contributed by atoms with van der Waals surface area (Å²) in [7, 11) is 0. The number of nitrogens with zero attached hydrogens (tertiary/aromatic N) is 1. The van der Waals surface area contributed by atoms with Gasteiger partial charge in [-0.05, 0) is 44.4 Å². The Bertz CT molecular complexity index is 231. The van der Waals surface area contributed by atoms with Crippen molar-refractivity contribution in [3.63, 3.8) is 0 Å². The summed E-state index contributed by atoms with van der Waals surface area (Å²) in [6.45, 7) is 6.27. The quantitative estimate of drug-likeness (QED) is 0.788. The van der Waals surface area contributed by atoms with E-state index in [0.29, 0.717) is 6.04 Å². The Morgan fingerprint density at radius 2 is 1.88 bits per heavy atom. The minimum absolute atomic E-state index is 0.705. The van der Waals surface area contributed by atoms with Crippen LogP contribution in [0.3, 0.4) is 0 Å². The van der Waals surface area contributed by atoms with Crippen LogP contribution in [0, 0.1) is 11.8 Å². The highest BCUT2D eigenvalue weighted by atomic mass is 15.2. The number of piperazine rings is 1. The molecular weight excluding hydrogens is 196 g/mol. The molecule has 0 radical (unpaired) electrons. The zero-order valence-electron chi connectivity index (χ0n) is 10.6. The first kappa shape index (κ1) is 11.0. The zero-order valence-corrected chi connectivity index (χ0v) is 10.6. The fourth-order valence-corrected chi connectivity index (χ4v) is 3.68. The average Bonchev–Trinajstić information content (AvgIpc) is 2.98. The minimum Gasteiger partial charge on any atom is -0.311 e. The van der Waals surface area contributed by atoms with Crippen LogP contribution in [0.2, 0.25) is 0 Å². The van der Waals surface area contributed by atoms with E-state index in [2.05, 4.69) is 17.1 Å². The first-order valence-electron chi connectivity index (χ1n) is 7.30. The van der Waals surface area contributed by atoms with Crippen LogP contribution in [-0.4, -0.2) is 36.6 Å². The molecule has 3 fully saturated rings. The van der Waals surface area contributed by atoms with Gasteiger partial charge in [0.15, 0.2) is 0 Å². The van der Waals surface area contributed by atoms with Gasteiger partial charge in [-0.1, -0.05) is 12.8 Å². The minimum atomic E-state index is 0.705. The van der Waals surface area contributed by atoms with Crippen molar-refractivity contribution in [3.8, 4) is 0 Å². The monoisotopic (exact) mass is 222 g/mol. The van der Waals surface area contributed by atoms with Crippen molar-refractivity contribution in [2.24, 2.45) is 11.8 Å². The summed E-state index contributed by atoms with van der Waals surface area (Å²) < 4.78 is 0. The Labute approximate surface area is 99.8 Å². The van der Waals surface area contributed by atoms with Crippen LogP contribution in [0.5, 0.6) is 0 Å². The van der Waals surface area contributed by atoms with E-state index in [1.54, 1.807) is 0 Å². The fourth-order valence-electron chi connectivity index (χ4n) is 3.68. The number of nitrogens with one attached hydrogen (secondary N) is 1. The molecule has 2 heteroatoms. The molecule has 0 amide bonds. The predicted molar refractivity (Wildman–Crippen MR) is 67.5 cm³/mol. The van der Waals surface area contributed by atoms with Crippen molar-refractivity contribution in [2.75, 3.05) is 19.6 Å². The zero-order chi connectivity index (χ0) is 11.0. The van der Waals surface area contributed by atoms with Crippen molar-refractivity contribution in [2.45, 2.75) is 57.5 Å². The molecule has 2 nitrogen and oxygen atoms in total. The lowest BCUT2D eigenvalue weighted by Gasteiger charge is -2.41. The van der Waals surface area contributed by atoms with E-state index in [1.807, 2.05) is 0 Å². The van der Waals surface area contributed by atoms with Gasteiger partial charge in [0.05, 0.1) is 0 Å². The molecule has 92 valence electrons. The van der Waals surface area contributed by atoms with E-state index < -0.39 is 0 Å². The van der Waals surface area contributed by atoms with Crippen molar-refractivity contribution in [3.05, 3.63) is 0 Å². The highest BCUT2D eigenvalue weighted by Gasteiger charge is 2.38. The van der Waals surface area contributed by atoms with Crippen LogP contribution in [0.25, 0.3) is 0 Å². The molecule has 0 aromatic carbocycles. The molecule has 2 aliphatic carbocycles. The molecular formula is C14H26N2. The number of hydrogen-bond donors (Lipinski definition) is 1. The maximum absolute atomic E-state index is 3.67. The van der Waals surface area contributed by atoms with Gasteiger partial charge in [0.1, 0.15) is 0 Å². The second-order valence-corrected chi connectivity index (χ2v) is 6.32. The van der Waals surface area contributed by atoms with Gasteiger partial charge in [-0.2, -0.15) is 0 Å². The average molecular weight is 222 g/mol. The summed E-state index contributed by atoms with van der Waals surface area (Å²) in [5.74, 6) is 2.05. The topological polar surface area (TPSA) is 15.3 Å². The molecule has 0 bridgehead atoms. The summed E-state index contributed by atoms with van der Waals surface area (Å²) in [4.78, 5) is 2.83. The van der Waals surface area contributed by atoms with E-state index >= 15 is 0 Å². The highest BCUT2D eigenvalue weighted by Crippen LogP contribution is 2.37. The van der Waals surface area contributed by atoms with Gasteiger partial charge in [-0.15, -0.1) is 0 Å². The van der Waals surface area contributed by atoms with Crippen LogP contribution < -0.4 is 5.32 Å². The first-order valence-corrected chi connectivity index (χ1v) is 7.30. The molecule has 0 aromatic rings. The van der Waals surface area contributed by atoms with Crippen molar-refractivity contribution in [1.82, 2.24) is 10.2 Å². The molecule has 1 N–H and O–H groups in total. The molecule has 3 rings (SSSR count). The van der Waals surface area contributed by atoms with Gasteiger partial charge in [-0.25, -0.2) is 0 Å². The first-order chi connectivity index (χ1) is 7.83. The molecule has 0 spiro atoms. The van der Waals surface area contributed by atoms with Crippen LogP contribution in [0.1, 0.15) is 45.4 Å².